The van der Waals surface area contributed by atoms with Crippen molar-refractivity contribution >= 4 is 16.1 Å². The van der Waals surface area contributed by atoms with Crippen molar-refractivity contribution in [3.8, 4) is 0 Å². The summed E-state index contributed by atoms with van der Waals surface area (Å²) in [5.74, 6) is 0. The van der Waals surface area contributed by atoms with E-state index in [9.17, 15) is 13.2 Å². The maximum atomic E-state index is 11.3. The number of rotatable bonds is 4. The monoisotopic (exact) mass is 226 g/mol. The molecule has 0 spiro atoms. The minimum absolute atomic E-state index is 0.329. The molecule has 0 amide bonds. The summed E-state index contributed by atoms with van der Waals surface area (Å²) in [6.45, 7) is 1.86. The first-order chi connectivity index (χ1) is 6.95. The SMILES string of the molecule is Cc1cc(S(C)(=O)=O)ccc1CCC=O. The number of sulfone groups is 1. The molecule has 15 heavy (non-hydrogen) atoms. The molecule has 82 valence electrons. The Bertz CT molecular complexity index is 461. The summed E-state index contributed by atoms with van der Waals surface area (Å²) in [5.41, 5.74) is 1.94. The van der Waals surface area contributed by atoms with Gasteiger partial charge in [-0.15, -0.1) is 0 Å². The number of carbonyl (C=O) groups is 1. The van der Waals surface area contributed by atoms with Crippen LogP contribution in [-0.4, -0.2) is 21.0 Å². The first kappa shape index (κ1) is 11.9. The van der Waals surface area contributed by atoms with Gasteiger partial charge in [-0.3, -0.25) is 0 Å². The second-order valence-electron chi connectivity index (χ2n) is 3.57. The van der Waals surface area contributed by atoms with Crippen molar-refractivity contribution in [3.05, 3.63) is 29.3 Å². The van der Waals surface area contributed by atoms with Crippen LogP contribution in [0.4, 0.5) is 0 Å². The van der Waals surface area contributed by atoms with Gasteiger partial charge in [-0.2, -0.15) is 0 Å². The number of aldehydes is 1. The Labute approximate surface area is 90.0 Å². The van der Waals surface area contributed by atoms with Crippen LogP contribution in [0.2, 0.25) is 0 Å². The van der Waals surface area contributed by atoms with E-state index in [0.29, 0.717) is 17.7 Å². The van der Waals surface area contributed by atoms with E-state index >= 15 is 0 Å². The second kappa shape index (κ2) is 4.57. The summed E-state index contributed by atoms with van der Waals surface area (Å²) in [4.78, 5) is 10.5. The standard InChI is InChI=1S/C11H14O3S/c1-9-8-11(15(2,13)14)6-5-10(9)4-3-7-12/h5-8H,3-4H2,1-2H3. The van der Waals surface area contributed by atoms with Crippen LogP contribution >= 0.6 is 0 Å². The first-order valence-corrected chi connectivity index (χ1v) is 6.57. The first-order valence-electron chi connectivity index (χ1n) is 4.68. The van der Waals surface area contributed by atoms with Crippen molar-refractivity contribution < 1.29 is 13.2 Å². The maximum Gasteiger partial charge on any atom is 0.175 e. The quantitative estimate of drug-likeness (QED) is 0.732. The van der Waals surface area contributed by atoms with Crippen LogP contribution in [0.15, 0.2) is 23.1 Å². The zero-order valence-electron chi connectivity index (χ0n) is 8.86. The molecule has 0 atom stereocenters. The normalized spacial score (nSPS) is 11.3. The number of benzene rings is 1. The second-order valence-corrected chi connectivity index (χ2v) is 5.58. The zero-order chi connectivity index (χ0) is 11.5. The molecule has 0 bridgehead atoms. The summed E-state index contributed by atoms with van der Waals surface area (Å²) < 4.78 is 22.5. The van der Waals surface area contributed by atoms with Crippen LogP contribution < -0.4 is 0 Å². The van der Waals surface area contributed by atoms with Gasteiger partial charge in [0.05, 0.1) is 4.90 Å². The van der Waals surface area contributed by atoms with Gasteiger partial charge in [0, 0.05) is 12.7 Å². The highest BCUT2D eigenvalue weighted by Crippen LogP contribution is 2.16. The Morgan fingerprint density at radius 3 is 2.47 bits per heavy atom. The lowest BCUT2D eigenvalue weighted by molar-refractivity contribution is -0.107. The lowest BCUT2D eigenvalue weighted by atomic mass is 10.0. The van der Waals surface area contributed by atoms with Gasteiger partial charge >= 0.3 is 0 Å². The average molecular weight is 226 g/mol. The predicted molar refractivity (Wildman–Crippen MR) is 58.7 cm³/mol. The topological polar surface area (TPSA) is 51.2 Å². The predicted octanol–water partition coefficient (Wildman–Crippen LogP) is 1.53. The molecular formula is C11H14O3S. The molecule has 0 saturated heterocycles. The van der Waals surface area contributed by atoms with E-state index in [1.54, 1.807) is 18.2 Å². The minimum Gasteiger partial charge on any atom is -0.303 e. The van der Waals surface area contributed by atoms with Gasteiger partial charge in [0.2, 0.25) is 0 Å². The molecule has 0 saturated carbocycles. The number of aryl methyl sites for hydroxylation is 2. The maximum absolute atomic E-state index is 11.3. The smallest absolute Gasteiger partial charge is 0.175 e. The molecule has 1 aromatic carbocycles. The van der Waals surface area contributed by atoms with Gasteiger partial charge in [0.15, 0.2) is 9.84 Å². The van der Waals surface area contributed by atoms with Crippen LogP contribution in [0.25, 0.3) is 0 Å². The summed E-state index contributed by atoms with van der Waals surface area (Å²) in [6, 6.07) is 5.01. The molecule has 0 aliphatic carbocycles. The van der Waals surface area contributed by atoms with Crippen LogP contribution in [0.5, 0.6) is 0 Å². The van der Waals surface area contributed by atoms with E-state index in [0.717, 1.165) is 17.4 Å². The molecule has 0 aromatic heterocycles. The Morgan fingerprint density at radius 2 is 2.00 bits per heavy atom. The molecule has 4 heteroatoms. The molecule has 1 rings (SSSR count). The zero-order valence-corrected chi connectivity index (χ0v) is 9.67. The summed E-state index contributed by atoms with van der Waals surface area (Å²) in [7, 11) is -3.13. The van der Waals surface area contributed by atoms with E-state index in [-0.39, 0.29) is 0 Å². The van der Waals surface area contributed by atoms with Crippen molar-refractivity contribution in [1.29, 1.82) is 0 Å². The van der Waals surface area contributed by atoms with Crippen molar-refractivity contribution in [1.82, 2.24) is 0 Å². The van der Waals surface area contributed by atoms with Crippen LogP contribution in [-0.2, 0) is 21.1 Å². The molecule has 0 unspecified atom stereocenters. The minimum atomic E-state index is -3.13. The third-order valence-corrected chi connectivity index (χ3v) is 3.38. The Hall–Kier alpha value is -1.16. The van der Waals surface area contributed by atoms with Crippen molar-refractivity contribution in [2.45, 2.75) is 24.7 Å². The molecule has 0 aliphatic heterocycles. The van der Waals surface area contributed by atoms with Gasteiger partial charge in [0.25, 0.3) is 0 Å². The largest absolute Gasteiger partial charge is 0.303 e. The lowest BCUT2D eigenvalue weighted by Crippen LogP contribution is -1.99. The van der Waals surface area contributed by atoms with E-state index in [1.807, 2.05) is 6.92 Å². The number of hydrogen-bond acceptors (Lipinski definition) is 3. The van der Waals surface area contributed by atoms with Crippen molar-refractivity contribution in [2.75, 3.05) is 6.26 Å². The third-order valence-electron chi connectivity index (χ3n) is 2.27. The Morgan fingerprint density at radius 1 is 1.33 bits per heavy atom. The summed E-state index contributed by atoms with van der Waals surface area (Å²) in [5, 5.41) is 0. The van der Waals surface area contributed by atoms with E-state index in [1.165, 1.54) is 6.26 Å². The van der Waals surface area contributed by atoms with Crippen LogP contribution in [0, 0.1) is 6.92 Å². The highest BCUT2D eigenvalue weighted by molar-refractivity contribution is 7.90. The third kappa shape index (κ3) is 3.16. The number of carbonyl (C=O) groups excluding carboxylic acids is 1. The molecule has 0 fully saturated rings. The van der Waals surface area contributed by atoms with Gasteiger partial charge in [0.1, 0.15) is 6.29 Å². The molecular weight excluding hydrogens is 212 g/mol. The van der Waals surface area contributed by atoms with E-state index in [2.05, 4.69) is 0 Å². The van der Waals surface area contributed by atoms with Crippen molar-refractivity contribution in [2.24, 2.45) is 0 Å². The fourth-order valence-electron chi connectivity index (χ4n) is 1.39. The lowest BCUT2D eigenvalue weighted by Gasteiger charge is -2.05. The molecule has 0 aliphatic rings. The molecule has 1 aromatic rings. The fourth-order valence-corrected chi connectivity index (χ4v) is 2.10. The van der Waals surface area contributed by atoms with Crippen LogP contribution in [0.3, 0.4) is 0 Å². The fraction of sp³-hybridized carbons (Fsp3) is 0.364. The van der Waals surface area contributed by atoms with E-state index < -0.39 is 9.84 Å². The average Bonchev–Trinajstić information content (AvgIpc) is 2.14. The molecule has 0 heterocycles. The highest BCUT2D eigenvalue weighted by Gasteiger charge is 2.08. The summed E-state index contributed by atoms with van der Waals surface area (Å²) in [6.07, 6.45) is 3.19. The van der Waals surface area contributed by atoms with Gasteiger partial charge in [-0.25, -0.2) is 8.42 Å². The highest BCUT2D eigenvalue weighted by atomic mass is 32.2. The molecule has 0 N–H and O–H groups in total. The number of hydrogen-bond donors (Lipinski definition) is 0. The summed E-state index contributed by atoms with van der Waals surface area (Å²) >= 11 is 0. The van der Waals surface area contributed by atoms with Gasteiger partial charge in [-0.1, -0.05) is 6.07 Å². The van der Waals surface area contributed by atoms with Gasteiger partial charge < -0.3 is 4.79 Å². The molecule has 3 nitrogen and oxygen atoms in total. The van der Waals surface area contributed by atoms with Gasteiger partial charge in [-0.05, 0) is 36.6 Å². The molecule has 0 radical (unpaired) electrons. The Kier molecular flexibility index (Phi) is 3.63. The van der Waals surface area contributed by atoms with E-state index in [4.69, 9.17) is 0 Å². The Balaban J connectivity index is 3.03. The van der Waals surface area contributed by atoms with Crippen molar-refractivity contribution in [3.63, 3.8) is 0 Å². The van der Waals surface area contributed by atoms with Crippen LogP contribution in [0.1, 0.15) is 17.5 Å².